The molecule has 0 heterocycles. The third-order valence-electron chi connectivity index (χ3n) is 5.04. The monoisotopic (exact) mass is 479 g/mol. The van der Waals surface area contributed by atoms with Crippen molar-refractivity contribution in [2.24, 2.45) is 0 Å². The molecule has 4 aromatic carbocycles. The largest absolute Gasteiger partial charge is 0.491 e. The molecule has 1 N–H and O–H groups in total. The summed E-state index contributed by atoms with van der Waals surface area (Å²) >= 11 is 0. The Balaban J connectivity index is 1.87. The Morgan fingerprint density at radius 2 is 1.06 bits per heavy atom. The number of aliphatic hydroxyl groups excluding tert-OH is 1. The first kappa shape index (κ1) is 23.1. The van der Waals surface area contributed by atoms with Gasteiger partial charge in [-0.3, -0.25) is 0 Å². The Morgan fingerprint density at radius 3 is 1.45 bits per heavy atom. The first-order chi connectivity index (χ1) is 16.1. The van der Waals surface area contributed by atoms with E-state index in [1.807, 2.05) is 91.0 Å². The summed E-state index contributed by atoms with van der Waals surface area (Å²) in [5, 5.41) is 11.3. The third-order valence-corrected chi connectivity index (χ3v) is 10.6. The van der Waals surface area contributed by atoms with E-state index in [2.05, 4.69) is 0 Å². The fourth-order valence-electron chi connectivity index (χ4n) is 3.55. The maximum Gasteiger partial charge on any atom is 0.329 e. The number of aliphatic hydroxyl groups is 1. The fraction of sp³-hybridized carbons (Fsp3) is 0.0769. The average Bonchev–Trinajstić information content (AvgIpc) is 2.88. The number of hydrogen-bond acceptors (Lipinski definition) is 5. The van der Waals surface area contributed by atoms with E-state index in [0.29, 0.717) is 5.75 Å². The van der Waals surface area contributed by atoms with E-state index in [1.165, 1.54) is 12.1 Å². The van der Waals surface area contributed by atoms with Gasteiger partial charge in [0.15, 0.2) is 0 Å². The first-order valence-electron chi connectivity index (χ1n) is 10.4. The minimum absolute atomic E-state index is 0.0333. The van der Waals surface area contributed by atoms with Crippen molar-refractivity contribution in [1.82, 2.24) is 0 Å². The number of hydrogen-bond donors (Lipinski definition) is 1. The molecule has 0 spiro atoms. The lowest BCUT2D eigenvalue weighted by molar-refractivity contribution is 0.201. The zero-order chi connectivity index (χ0) is 23.2. The molecule has 0 unspecified atom stereocenters. The van der Waals surface area contributed by atoms with E-state index in [0.717, 1.165) is 15.9 Å². The van der Waals surface area contributed by atoms with Gasteiger partial charge in [0, 0.05) is 0 Å². The smallest absolute Gasteiger partial charge is 0.329 e. The lowest BCUT2D eigenvalue weighted by Gasteiger charge is -2.24. The molecule has 5 nitrogen and oxygen atoms in total. The van der Waals surface area contributed by atoms with Crippen LogP contribution in [0.25, 0.3) is 0 Å². The molecule has 4 aromatic rings. The zero-order valence-electron chi connectivity index (χ0n) is 17.8. The van der Waals surface area contributed by atoms with Gasteiger partial charge in [-0.2, -0.15) is 8.42 Å². The highest BCUT2D eigenvalue weighted by molar-refractivity contribution is 8.01. The molecular formula is C26H24O5PS+. The van der Waals surface area contributed by atoms with Gasteiger partial charge >= 0.3 is 10.1 Å². The van der Waals surface area contributed by atoms with E-state index in [1.54, 1.807) is 12.1 Å². The van der Waals surface area contributed by atoms with E-state index in [4.69, 9.17) is 13.8 Å². The van der Waals surface area contributed by atoms with Crippen LogP contribution in [0.2, 0.25) is 0 Å². The maximum absolute atomic E-state index is 13.6. The summed E-state index contributed by atoms with van der Waals surface area (Å²) in [5.74, 6) is 0.471. The van der Waals surface area contributed by atoms with Crippen molar-refractivity contribution in [3.05, 3.63) is 115 Å². The Kier molecular flexibility index (Phi) is 7.21. The molecule has 0 fully saturated rings. The topological polar surface area (TPSA) is 72.8 Å². The molecule has 0 bridgehead atoms. The summed E-state index contributed by atoms with van der Waals surface area (Å²) in [5.41, 5.74) is 0. The van der Waals surface area contributed by atoms with Crippen molar-refractivity contribution in [2.75, 3.05) is 13.2 Å². The van der Waals surface area contributed by atoms with Crippen molar-refractivity contribution >= 4 is 33.5 Å². The average molecular weight is 480 g/mol. The molecule has 4 rings (SSSR count). The number of rotatable bonds is 9. The second kappa shape index (κ2) is 10.3. The lowest BCUT2D eigenvalue weighted by Crippen LogP contribution is -2.34. The van der Waals surface area contributed by atoms with Crippen LogP contribution < -0.4 is 20.7 Å². The van der Waals surface area contributed by atoms with Crippen LogP contribution >= 0.6 is 7.49 Å². The van der Waals surface area contributed by atoms with Gasteiger partial charge in [-0.05, 0) is 60.7 Å². The molecule has 0 aliphatic heterocycles. The molecule has 168 valence electrons. The third kappa shape index (κ3) is 5.00. The molecule has 33 heavy (non-hydrogen) atoms. The summed E-state index contributed by atoms with van der Waals surface area (Å²) in [6.45, 7) is 0.00858. The molecule has 0 aliphatic rings. The molecule has 0 atom stereocenters. The number of ether oxygens (including phenoxy) is 1. The lowest BCUT2D eigenvalue weighted by atomic mass is 10.3. The minimum Gasteiger partial charge on any atom is -0.491 e. The molecule has 0 aromatic heterocycles. The predicted octanol–water partition coefficient (Wildman–Crippen LogP) is 3.67. The first-order valence-corrected chi connectivity index (χ1v) is 13.5. The quantitative estimate of drug-likeness (QED) is 0.371. The van der Waals surface area contributed by atoms with Crippen LogP contribution in [0.1, 0.15) is 0 Å². The maximum atomic E-state index is 13.6. The second-order valence-corrected chi connectivity index (χ2v) is 11.9. The molecule has 0 saturated heterocycles. The highest BCUT2D eigenvalue weighted by Crippen LogP contribution is 2.58. The van der Waals surface area contributed by atoms with Crippen molar-refractivity contribution in [3.63, 3.8) is 0 Å². The SMILES string of the molecule is O=S(=O)(O[P+](c1ccccc1)(c1ccccc1)c1ccccc1)c1ccc(OCCO)cc1. The van der Waals surface area contributed by atoms with Crippen LogP contribution in [0, 0.1) is 0 Å². The van der Waals surface area contributed by atoms with Gasteiger partial charge in [0.25, 0.3) is 7.49 Å². The summed E-state index contributed by atoms with van der Waals surface area (Å²) in [4.78, 5) is 0.0333. The highest BCUT2D eigenvalue weighted by atomic mass is 32.2. The Bertz CT molecular complexity index is 1170. The summed E-state index contributed by atoms with van der Waals surface area (Å²) in [6, 6.07) is 34.5. The molecule has 0 aliphatic carbocycles. The van der Waals surface area contributed by atoms with E-state index in [-0.39, 0.29) is 18.1 Å². The number of benzene rings is 4. The van der Waals surface area contributed by atoms with Crippen molar-refractivity contribution in [2.45, 2.75) is 4.90 Å². The van der Waals surface area contributed by atoms with Crippen LogP contribution in [0.4, 0.5) is 0 Å². The van der Waals surface area contributed by atoms with Gasteiger partial charge in [-0.1, -0.05) is 58.6 Å². The van der Waals surface area contributed by atoms with Crippen molar-refractivity contribution < 1.29 is 22.2 Å². The van der Waals surface area contributed by atoms with Gasteiger partial charge < -0.3 is 9.84 Å². The van der Waals surface area contributed by atoms with Crippen LogP contribution in [0.15, 0.2) is 120 Å². The van der Waals surface area contributed by atoms with Gasteiger partial charge in [-0.25, -0.2) is 0 Å². The fourth-order valence-corrected chi connectivity index (χ4v) is 9.24. The van der Waals surface area contributed by atoms with Gasteiger partial charge in [-0.15, -0.1) is 0 Å². The van der Waals surface area contributed by atoms with Crippen molar-refractivity contribution in [1.29, 1.82) is 0 Å². The Hall–Kier alpha value is -3.02. The minimum atomic E-state index is -4.16. The standard InChI is InChI=1S/C26H24O5PS/c27-20-21-30-22-16-18-26(19-17-22)33(28,29)31-32(23-10-4-1-5-11-23,24-12-6-2-7-13-24)25-14-8-3-9-15-25/h1-19,27H,20-21H2/q+1. The van der Waals surface area contributed by atoms with Crippen LogP contribution in [-0.2, 0) is 14.1 Å². The molecule has 0 amide bonds. The highest BCUT2D eigenvalue weighted by Gasteiger charge is 2.52. The second-order valence-electron chi connectivity index (χ2n) is 7.19. The van der Waals surface area contributed by atoms with Crippen molar-refractivity contribution in [3.8, 4) is 5.75 Å². The molecule has 7 heteroatoms. The summed E-state index contributed by atoms with van der Waals surface area (Å²) in [7, 11) is -7.18. The van der Waals surface area contributed by atoms with E-state index in [9.17, 15) is 8.42 Å². The van der Waals surface area contributed by atoms with E-state index >= 15 is 0 Å². The van der Waals surface area contributed by atoms with Crippen LogP contribution in [-0.4, -0.2) is 26.7 Å². The van der Waals surface area contributed by atoms with E-state index < -0.39 is 17.6 Å². The molecule has 0 radical (unpaired) electrons. The summed E-state index contributed by atoms with van der Waals surface area (Å²) < 4.78 is 38.9. The van der Waals surface area contributed by atoms with Gasteiger partial charge in [0.1, 0.15) is 28.3 Å². The Labute approximate surface area is 194 Å². The van der Waals surface area contributed by atoms with Gasteiger partial charge in [0.05, 0.1) is 11.5 Å². The zero-order valence-corrected chi connectivity index (χ0v) is 19.5. The molecular weight excluding hydrogens is 455 g/mol. The van der Waals surface area contributed by atoms with Crippen LogP contribution in [0.5, 0.6) is 5.75 Å². The predicted molar refractivity (Wildman–Crippen MR) is 132 cm³/mol. The van der Waals surface area contributed by atoms with Gasteiger partial charge in [0.2, 0.25) is 0 Å². The molecule has 0 saturated carbocycles. The Morgan fingerprint density at radius 1 is 0.636 bits per heavy atom. The summed E-state index contributed by atoms with van der Waals surface area (Å²) in [6.07, 6.45) is 0. The normalized spacial score (nSPS) is 11.8. The van der Waals surface area contributed by atoms with Crippen LogP contribution in [0.3, 0.4) is 0 Å².